The summed E-state index contributed by atoms with van der Waals surface area (Å²) < 4.78 is 0. The van der Waals surface area contributed by atoms with Crippen LogP contribution in [-0.2, 0) is 11.2 Å². The zero-order chi connectivity index (χ0) is 14.5. The van der Waals surface area contributed by atoms with Crippen LogP contribution in [0.1, 0.15) is 42.7 Å². The molecule has 1 unspecified atom stereocenters. The quantitative estimate of drug-likeness (QED) is 0.877. The van der Waals surface area contributed by atoms with Crippen LogP contribution in [0.25, 0.3) is 0 Å². The van der Waals surface area contributed by atoms with Crippen molar-refractivity contribution in [2.75, 3.05) is 13.1 Å². The third-order valence-corrected chi connectivity index (χ3v) is 4.45. The topological polar surface area (TPSA) is 69.6 Å². The first-order valence-electron chi connectivity index (χ1n) is 6.95. The van der Waals surface area contributed by atoms with Crippen molar-refractivity contribution in [3.8, 4) is 0 Å². The number of amides is 2. The molecule has 2 N–H and O–H groups in total. The van der Waals surface area contributed by atoms with E-state index in [1.165, 1.54) is 15.3 Å². The first kappa shape index (κ1) is 14.8. The molecular formula is C14H20N2O3S. The lowest BCUT2D eigenvalue weighted by molar-refractivity contribution is -0.137. The molecule has 1 aromatic rings. The highest BCUT2D eigenvalue weighted by atomic mass is 32.1. The van der Waals surface area contributed by atoms with E-state index < -0.39 is 5.97 Å². The second kappa shape index (κ2) is 6.74. The number of carboxylic acids is 1. The van der Waals surface area contributed by atoms with Crippen LogP contribution in [0.2, 0.25) is 0 Å². The fourth-order valence-electron chi connectivity index (χ4n) is 2.56. The van der Waals surface area contributed by atoms with Crippen molar-refractivity contribution in [1.29, 1.82) is 0 Å². The van der Waals surface area contributed by atoms with Crippen molar-refractivity contribution in [2.24, 2.45) is 0 Å². The zero-order valence-electron chi connectivity index (χ0n) is 11.6. The number of nitrogens with one attached hydrogen (secondary N) is 1. The van der Waals surface area contributed by atoms with Crippen molar-refractivity contribution >= 4 is 23.3 Å². The van der Waals surface area contributed by atoms with Gasteiger partial charge in [0.15, 0.2) is 0 Å². The van der Waals surface area contributed by atoms with Crippen LogP contribution in [0.3, 0.4) is 0 Å². The van der Waals surface area contributed by atoms with Crippen LogP contribution in [0.15, 0.2) is 11.4 Å². The number of nitrogens with zero attached hydrogens (tertiary/aromatic N) is 1. The molecule has 2 rings (SSSR count). The van der Waals surface area contributed by atoms with Crippen LogP contribution in [0, 0.1) is 0 Å². The minimum absolute atomic E-state index is 0.0191. The number of aryl methyl sites for hydroxylation is 1. The van der Waals surface area contributed by atoms with E-state index in [-0.39, 0.29) is 18.6 Å². The molecule has 1 heterocycles. The van der Waals surface area contributed by atoms with E-state index in [1.807, 2.05) is 6.92 Å². The maximum atomic E-state index is 12.2. The molecule has 0 aromatic carbocycles. The zero-order valence-corrected chi connectivity index (χ0v) is 12.4. The molecule has 1 aliphatic carbocycles. The van der Waals surface area contributed by atoms with Gasteiger partial charge in [0.1, 0.15) is 6.54 Å². The van der Waals surface area contributed by atoms with Gasteiger partial charge in [0, 0.05) is 11.4 Å². The SMILES string of the molecule is CCCN(CC(=O)O)C(=O)NC1CCCc2sccc21. The molecule has 5 nitrogen and oxygen atoms in total. The first-order valence-corrected chi connectivity index (χ1v) is 7.83. The van der Waals surface area contributed by atoms with Crippen molar-refractivity contribution in [3.05, 3.63) is 21.9 Å². The standard InChI is InChI=1S/C14H20N2O3S/c1-2-7-16(9-13(17)18)14(19)15-11-4-3-5-12-10(11)6-8-20-12/h6,8,11H,2-5,7,9H2,1H3,(H,15,19)(H,17,18). The molecular weight excluding hydrogens is 276 g/mol. The highest BCUT2D eigenvalue weighted by Gasteiger charge is 2.25. The normalized spacial score (nSPS) is 17.4. The van der Waals surface area contributed by atoms with Crippen molar-refractivity contribution < 1.29 is 14.7 Å². The Labute approximate surface area is 122 Å². The number of urea groups is 1. The summed E-state index contributed by atoms with van der Waals surface area (Å²) in [5, 5.41) is 13.9. The Morgan fingerprint density at radius 3 is 3.05 bits per heavy atom. The number of carbonyl (C=O) groups is 2. The Bertz CT molecular complexity index is 487. The molecule has 110 valence electrons. The molecule has 1 atom stereocenters. The van der Waals surface area contributed by atoms with Gasteiger partial charge in [-0.15, -0.1) is 11.3 Å². The van der Waals surface area contributed by atoms with Crippen LogP contribution in [0.4, 0.5) is 4.79 Å². The highest BCUT2D eigenvalue weighted by Crippen LogP contribution is 2.33. The Hall–Kier alpha value is -1.56. The number of hydrogen-bond donors (Lipinski definition) is 2. The maximum Gasteiger partial charge on any atom is 0.323 e. The molecule has 1 aromatic heterocycles. The summed E-state index contributed by atoms with van der Waals surface area (Å²) in [6, 6.07) is 1.80. The lowest BCUT2D eigenvalue weighted by Crippen LogP contribution is -2.44. The Balaban J connectivity index is 2.02. The number of rotatable bonds is 5. The molecule has 0 bridgehead atoms. The number of carbonyl (C=O) groups excluding carboxylic acids is 1. The summed E-state index contributed by atoms with van der Waals surface area (Å²) >= 11 is 1.73. The van der Waals surface area contributed by atoms with Gasteiger partial charge in [-0.25, -0.2) is 4.79 Å². The van der Waals surface area contributed by atoms with Crippen LogP contribution in [0.5, 0.6) is 0 Å². The van der Waals surface area contributed by atoms with Gasteiger partial charge >= 0.3 is 12.0 Å². The van der Waals surface area contributed by atoms with E-state index >= 15 is 0 Å². The van der Waals surface area contributed by atoms with Gasteiger partial charge in [-0.3, -0.25) is 4.79 Å². The molecule has 0 spiro atoms. The third-order valence-electron chi connectivity index (χ3n) is 3.46. The number of hydrogen-bond acceptors (Lipinski definition) is 3. The fraction of sp³-hybridized carbons (Fsp3) is 0.571. The maximum absolute atomic E-state index is 12.2. The predicted molar refractivity (Wildman–Crippen MR) is 78.0 cm³/mol. The second-order valence-electron chi connectivity index (χ2n) is 5.01. The molecule has 0 aliphatic heterocycles. The molecule has 20 heavy (non-hydrogen) atoms. The van der Waals surface area contributed by atoms with Crippen molar-refractivity contribution in [3.63, 3.8) is 0 Å². The van der Waals surface area contributed by atoms with Crippen molar-refractivity contribution in [2.45, 2.75) is 38.6 Å². The van der Waals surface area contributed by atoms with Gasteiger partial charge in [0.05, 0.1) is 6.04 Å². The van der Waals surface area contributed by atoms with E-state index in [1.54, 1.807) is 11.3 Å². The minimum Gasteiger partial charge on any atom is -0.480 e. The van der Waals surface area contributed by atoms with Gasteiger partial charge in [-0.1, -0.05) is 6.92 Å². The number of fused-ring (bicyclic) bond motifs is 1. The molecule has 0 radical (unpaired) electrons. The average Bonchev–Trinajstić information content (AvgIpc) is 2.87. The summed E-state index contributed by atoms with van der Waals surface area (Å²) in [4.78, 5) is 25.7. The van der Waals surface area contributed by atoms with E-state index in [2.05, 4.69) is 16.8 Å². The number of aliphatic carboxylic acids is 1. The fourth-order valence-corrected chi connectivity index (χ4v) is 3.55. The summed E-state index contributed by atoms with van der Waals surface area (Å²) in [6.45, 7) is 2.14. The average molecular weight is 296 g/mol. The Morgan fingerprint density at radius 1 is 1.55 bits per heavy atom. The van der Waals surface area contributed by atoms with E-state index in [0.717, 1.165) is 25.7 Å². The summed E-state index contributed by atoms with van der Waals surface area (Å²) in [5.74, 6) is -0.978. The summed E-state index contributed by atoms with van der Waals surface area (Å²) in [5.41, 5.74) is 1.20. The van der Waals surface area contributed by atoms with Crippen molar-refractivity contribution in [1.82, 2.24) is 10.2 Å². The van der Waals surface area contributed by atoms with Gasteiger partial charge in [-0.2, -0.15) is 0 Å². The van der Waals surface area contributed by atoms with E-state index in [4.69, 9.17) is 5.11 Å². The smallest absolute Gasteiger partial charge is 0.323 e. The minimum atomic E-state index is -0.978. The van der Waals surface area contributed by atoms with Gasteiger partial charge in [-0.05, 0) is 42.7 Å². The Kier molecular flexibility index (Phi) is 5.00. The molecule has 0 saturated carbocycles. The monoisotopic (exact) mass is 296 g/mol. The molecule has 6 heteroatoms. The highest BCUT2D eigenvalue weighted by molar-refractivity contribution is 7.10. The van der Waals surface area contributed by atoms with E-state index in [9.17, 15) is 9.59 Å². The van der Waals surface area contributed by atoms with Crippen LogP contribution in [-0.4, -0.2) is 35.1 Å². The third kappa shape index (κ3) is 3.50. The largest absolute Gasteiger partial charge is 0.480 e. The molecule has 2 amide bonds. The first-order chi connectivity index (χ1) is 9.61. The lowest BCUT2D eigenvalue weighted by Gasteiger charge is -2.27. The molecule has 0 fully saturated rings. The van der Waals surface area contributed by atoms with Crippen LogP contribution >= 0.6 is 11.3 Å². The van der Waals surface area contributed by atoms with Gasteiger partial charge < -0.3 is 15.3 Å². The number of thiophene rings is 1. The second-order valence-corrected chi connectivity index (χ2v) is 6.01. The lowest BCUT2D eigenvalue weighted by atomic mass is 9.94. The summed E-state index contributed by atoms with van der Waals surface area (Å²) in [7, 11) is 0. The van der Waals surface area contributed by atoms with E-state index in [0.29, 0.717) is 6.54 Å². The molecule has 0 saturated heterocycles. The predicted octanol–water partition coefficient (Wildman–Crippen LogP) is 2.63. The van der Waals surface area contributed by atoms with Crippen LogP contribution < -0.4 is 5.32 Å². The number of carboxylic acid groups (broad SMARTS) is 1. The Morgan fingerprint density at radius 2 is 2.35 bits per heavy atom. The van der Waals surface area contributed by atoms with Gasteiger partial charge in [0.25, 0.3) is 0 Å². The summed E-state index contributed by atoms with van der Waals surface area (Å²) in [6.07, 6.45) is 3.80. The molecule has 1 aliphatic rings. The van der Waals surface area contributed by atoms with Gasteiger partial charge in [0.2, 0.25) is 0 Å².